The Bertz CT molecular complexity index is 821. The maximum atomic E-state index is 13.9. The lowest BCUT2D eigenvalue weighted by Gasteiger charge is -2.07. The van der Waals surface area contributed by atoms with Crippen LogP contribution in [0.3, 0.4) is 0 Å². The highest BCUT2D eigenvalue weighted by Crippen LogP contribution is 2.18. The van der Waals surface area contributed by atoms with Gasteiger partial charge in [0.2, 0.25) is 5.95 Å². The zero-order valence-electron chi connectivity index (χ0n) is 10.9. The Balaban J connectivity index is 2.34. The zero-order chi connectivity index (χ0) is 15.5. The minimum atomic E-state index is -4.12. The molecule has 1 heterocycles. The number of hydrogen-bond acceptors (Lipinski definition) is 5. The van der Waals surface area contributed by atoms with Gasteiger partial charge in [-0.25, -0.2) is 22.2 Å². The molecule has 0 bridgehead atoms. The predicted octanol–water partition coefficient (Wildman–Crippen LogP) is 0.0988. The maximum absolute atomic E-state index is 13.9. The van der Waals surface area contributed by atoms with E-state index in [2.05, 4.69) is 26.6 Å². The van der Waals surface area contributed by atoms with E-state index in [0.29, 0.717) is 0 Å². The summed E-state index contributed by atoms with van der Waals surface area (Å²) < 4.78 is 41.4. The molecular weight excluding hydrogens is 299 g/mol. The molecule has 2 rings (SSSR count). The van der Waals surface area contributed by atoms with Crippen LogP contribution >= 0.6 is 0 Å². The maximum Gasteiger partial charge on any atom is 0.267 e. The molecule has 0 fully saturated rings. The van der Waals surface area contributed by atoms with Gasteiger partial charge in [-0.15, -0.1) is 0 Å². The van der Waals surface area contributed by atoms with Gasteiger partial charge in [0, 0.05) is 12.6 Å². The van der Waals surface area contributed by atoms with Crippen LogP contribution in [-0.2, 0) is 17.1 Å². The minimum absolute atomic E-state index is 0.0291. The van der Waals surface area contributed by atoms with Crippen LogP contribution in [0.15, 0.2) is 29.4 Å². The summed E-state index contributed by atoms with van der Waals surface area (Å²) in [5.41, 5.74) is 0.263. The smallest absolute Gasteiger partial charge is 0.267 e. The van der Waals surface area contributed by atoms with Crippen molar-refractivity contribution in [1.82, 2.24) is 14.8 Å². The second-order valence-electron chi connectivity index (χ2n) is 3.92. The molecule has 110 valence electrons. The van der Waals surface area contributed by atoms with Gasteiger partial charge in [0.1, 0.15) is 23.6 Å². The highest BCUT2D eigenvalue weighted by atomic mass is 32.2. The Labute approximate surface area is 120 Å². The molecule has 0 unspecified atom stereocenters. The number of hydrogen-bond donors (Lipinski definition) is 2. The normalized spacial score (nSPS) is 10.8. The number of aromatic nitrogens is 3. The van der Waals surface area contributed by atoms with Crippen molar-refractivity contribution in [3.8, 4) is 11.8 Å². The van der Waals surface area contributed by atoms with Gasteiger partial charge in [0.25, 0.3) is 10.0 Å². The van der Waals surface area contributed by atoms with Crippen molar-refractivity contribution in [1.29, 1.82) is 0 Å². The Morgan fingerprint density at radius 2 is 2.24 bits per heavy atom. The number of benzene rings is 1. The summed E-state index contributed by atoms with van der Waals surface area (Å²) >= 11 is 0. The molecule has 21 heavy (non-hydrogen) atoms. The number of sulfonamides is 1. The molecule has 0 amide bonds. The molecule has 0 aliphatic rings. The van der Waals surface area contributed by atoms with Gasteiger partial charge in [-0.3, -0.25) is 0 Å². The molecule has 0 radical (unpaired) electrons. The number of rotatable bonds is 3. The van der Waals surface area contributed by atoms with E-state index in [0.717, 1.165) is 12.1 Å². The van der Waals surface area contributed by atoms with Crippen LogP contribution in [0, 0.1) is 17.7 Å². The number of aliphatic hydroxyl groups is 1. The van der Waals surface area contributed by atoms with Gasteiger partial charge < -0.3 is 5.11 Å². The van der Waals surface area contributed by atoms with Crippen molar-refractivity contribution in [2.24, 2.45) is 7.05 Å². The fourth-order valence-electron chi connectivity index (χ4n) is 1.50. The lowest BCUT2D eigenvalue weighted by molar-refractivity contribution is 0.350. The van der Waals surface area contributed by atoms with Crippen molar-refractivity contribution in [2.45, 2.75) is 4.90 Å². The van der Waals surface area contributed by atoms with E-state index in [1.54, 1.807) is 0 Å². The summed E-state index contributed by atoms with van der Waals surface area (Å²) in [6.07, 6.45) is 1.17. The van der Waals surface area contributed by atoms with Crippen LogP contribution < -0.4 is 4.72 Å². The third-order valence-electron chi connectivity index (χ3n) is 2.47. The molecule has 0 saturated carbocycles. The van der Waals surface area contributed by atoms with E-state index in [1.807, 2.05) is 0 Å². The molecule has 0 atom stereocenters. The van der Waals surface area contributed by atoms with Gasteiger partial charge in [-0.05, 0) is 18.2 Å². The van der Waals surface area contributed by atoms with Crippen LogP contribution in [0.2, 0.25) is 0 Å². The highest BCUT2D eigenvalue weighted by molar-refractivity contribution is 7.92. The van der Waals surface area contributed by atoms with Crippen molar-refractivity contribution in [2.75, 3.05) is 11.3 Å². The van der Waals surface area contributed by atoms with E-state index >= 15 is 0 Å². The Morgan fingerprint density at radius 3 is 2.81 bits per heavy atom. The van der Waals surface area contributed by atoms with Crippen LogP contribution in [0.1, 0.15) is 5.56 Å². The highest BCUT2D eigenvalue weighted by Gasteiger charge is 2.21. The first-order chi connectivity index (χ1) is 9.94. The number of aryl methyl sites for hydroxylation is 1. The van der Waals surface area contributed by atoms with Crippen LogP contribution in [0.4, 0.5) is 10.3 Å². The molecule has 0 saturated heterocycles. The lowest BCUT2D eigenvalue weighted by atomic mass is 10.2. The van der Waals surface area contributed by atoms with Crippen LogP contribution in [-0.4, -0.2) is 34.9 Å². The lowest BCUT2D eigenvalue weighted by Crippen LogP contribution is -2.17. The van der Waals surface area contributed by atoms with Crippen molar-refractivity contribution in [3.63, 3.8) is 0 Å². The Morgan fingerprint density at radius 1 is 1.48 bits per heavy atom. The van der Waals surface area contributed by atoms with E-state index in [1.165, 1.54) is 24.1 Å². The standard InChI is InChI=1S/C12H11FN4O3S/c1-17-12(14-8-15-17)16-21(19,20)11-5-4-9(3-2-6-18)7-10(11)13/h4-5,7-8,18H,6H2,1H3,(H,14,15,16). The minimum Gasteiger partial charge on any atom is -0.384 e. The summed E-state index contributed by atoms with van der Waals surface area (Å²) in [5.74, 6) is 3.85. The van der Waals surface area contributed by atoms with Gasteiger partial charge in [0.15, 0.2) is 0 Å². The first-order valence-corrected chi connectivity index (χ1v) is 7.18. The Hall–Kier alpha value is -2.44. The SMILES string of the molecule is Cn1ncnc1NS(=O)(=O)c1ccc(C#CCO)cc1F. The Kier molecular flexibility index (Phi) is 4.21. The monoisotopic (exact) mass is 310 g/mol. The molecule has 2 N–H and O–H groups in total. The quantitative estimate of drug-likeness (QED) is 0.784. The molecule has 7 nitrogen and oxygen atoms in total. The first-order valence-electron chi connectivity index (χ1n) is 5.70. The fourth-order valence-corrected chi connectivity index (χ4v) is 2.60. The predicted molar refractivity (Wildman–Crippen MR) is 72.2 cm³/mol. The van der Waals surface area contributed by atoms with Gasteiger partial charge in [-0.2, -0.15) is 10.1 Å². The van der Waals surface area contributed by atoms with E-state index in [9.17, 15) is 12.8 Å². The number of nitrogens with zero attached hydrogens (tertiary/aromatic N) is 3. The van der Waals surface area contributed by atoms with E-state index in [4.69, 9.17) is 5.11 Å². The molecule has 1 aromatic carbocycles. The number of halogens is 1. The van der Waals surface area contributed by atoms with E-state index in [-0.39, 0.29) is 18.1 Å². The second kappa shape index (κ2) is 5.90. The van der Waals surface area contributed by atoms with Crippen molar-refractivity contribution in [3.05, 3.63) is 35.9 Å². The number of nitrogens with one attached hydrogen (secondary N) is 1. The van der Waals surface area contributed by atoms with Gasteiger partial charge in [-0.1, -0.05) is 11.8 Å². The topological polar surface area (TPSA) is 97.1 Å². The summed E-state index contributed by atoms with van der Waals surface area (Å²) in [6.45, 7) is -0.366. The van der Waals surface area contributed by atoms with Gasteiger partial charge >= 0.3 is 0 Å². The second-order valence-corrected chi connectivity index (χ2v) is 5.57. The molecular formula is C12H11FN4O3S. The largest absolute Gasteiger partial charge is 0.384 e. The zero-order valence-corrected chi connectivity index (χ0v) is 11.7. The van der Waals surface area contributed by atoms with Gasteiger partial charge in [0.05, 0.1) is 0 Å². The summed E-state index contributed by atoms with van der Waals surface area (Å²) in [7, 11) is -2.62. The summed E-state index contributed by atoms with van der Waals surface area (Å²) in [4.78, 5) is 3.18. The average molecular weight is 310 g/mol. The molecule has 2 aromatic rings. The molecule has 0 aliphatic heterocycles. The molecule has 1 aromatic heterocycles. The fraction of sp³-hybridized carbons (Fsp3) is 0.167. The number of anilines is 1. The summed E-state index contributed by atoms with van der Waals surface area (Å²) in [6, 6.07) is 3.42. The molecule has 9 heteroatoms. The number of aliphatic hydroxyl groups excluding tert-OH is 1. The third kappa shape index (κ3) is 3.36. The van der Waals surface area contributed by atoms with E-state index < -0.39 is 20.7 Å². The van der Waals surface area contributed by atoms with Crippen LogP contribution in [0.5, 0.6) is 0 Å². The van der Waals surface area contributed by atoms with Crippen LogP contribution in [0.25, 0.3) is 0 Å². The average Bonchev–Trinajstić information content (AvgIpc) is 2.81. The summed E-state index contributed by atoms with van der Waals surface area (Å²) in [5, 5.41) is 12.3. The van der Waals surface area contributed by atoms with Crippen molar-refractivity contribution >= 4 is 16.0 Å². The molecule has 0 aliphatic carbocycles. The molecule has 0 spiro atoms. The van der Waals surface area contributed by atoms with Crippen molar-refractivity contribution < 1.29 is 17.9 Å². The first kappa shape index (κ1) is 15.0. The third-order valence-corrected chi connectivity index (χ3v) is 3.83.